The van der Waals surface area contributed by atoms with Gasteiger partial charge in [0.05, 0.1) is 15.9 Å². The molecule has 0 amide bonds. The van der Waals surface area contributed by atoms with Gasteiger partial charge in [-0.1, -0.05) is 6.92 Å². The van der Waals surface area contributed by atoms with Gasteiger partial charge in [0.25, 0.3) is 11.4 Å². The molecule has 0 radical (unpaired) electrons. The minimum atomic E-state index is -0.607. The first-order valence-electron chi connectivity index (χ1n) is 7.18. The summed E-state index contributed by atoms with van der Waals surface area (Å²) in [6, 6.07) is 4.12. The van der Waals surface area contributed by atoms with Crippen molar-refractivity contribution in [2.45, 2.75) is 38.6 Å². The number of non-ortho nitro benzene ring substituents is 1. The molecule has 114 valence electrons. The van der Waals surface area contributed by atoms with Gasteiger partial charge in [0.2, 0.25) is 0 Å². The first-order valence-corrected chi connectivity index (χ1v) is 7.18. The van der Waals surface area contributed by atoms with Gasteiger partial charge < -0.3 is 5.32 Å². The molecule has 7 nitrogen and oxygen atoms in total. The monoisotopic (exact) mass is 293 g/mol. The summed E-state index contributed by atoms with van der Waals surface area (Å²) in [7, 11) is 0. The van der Waals surface area contributed by atoms with E-state index in [0.717, 1.165) is 31.9 Å². The standard InChI is InChI=1S/C14H19N3O4/c1-2-7-15-13(10-3-4-10)8-11-5-6-12(16(18)19)9-14(11)17(20)21/h5-6,9-10,13,15H,2-4,7-8H2,1H3. The number of nitrogens with zero attached hydrogens (tertiary/aromatic N) is 2. The van der Waals surface area contributed by atoms with Crippen LogP contribution in [0.2, 0.25) is 0 Å². The molecule has 1 aliphatic carbocycles. The van der Waals surface area contributed by atoms with Gasteiger partial charge in [0.1, 0.15) is 0 Å². The lowest BCUT2D eigenvalue weighted by molar-refractivity contribution is -0.394. The van der Waals surface area contributed by atoms with Crippen molar-refractivity contribution in [2.75, 3.05) is 6.54 Å². The Bertz CT molecular complexity index is 543. The summed E-state index contributed by atoms with van der Waals surface area (Å²) in [5.74, 6) is 0.561. The predicted molar refractivity (Wildman–Crippen MR) is 78.3 cm³/mol. The Morgan fingerprint density at radius 3 is 2.52 bits per heavy atom. The highest BCUT2D eigenvalue weighted by Crippen LogP contribution is 2.35. The van der Waals surface area contributed by atoms with E-state index in [1.54, 1.807) is 0 Å². The van der Waals surface area contributed by atoms with Crippen LogP contribution in [0.25, 0.3) is 0 Å². The zero-order valence-electron chi connectivity index (χ0n) is 11.9. The Balaban J connectivity index is 2.20. The molecular formula is C14H19N3O4. The molecule has 0 aliphatic heterocycles. The number of hydrogen-bond acceptors (Lipinski definition) is 5. The van der Waals surface area contributed by atoms with Crippen molar-refractivity contribution in [1.29, 1.82) is 0 Å². The van der Waals surface area contributed by atoms with Crippen molar-refractivity contribution >= 4 is 11.4 Å². The van der Waals surface area contributed by atoms with E-state index < -0.39 is 9.85 Å². The Morgan fingerprint density at radius 1 is 1.29 bits per heavy atom. The van der Waals surface area contributed by atoms with E-state index in [1.807, 2.05) is 0 Å². The maximum Gasteiger partial charge on any atom is 0.279 e. The molecule has 1 aromatic carbocycles. The van der Waals surface area contributed by atoms with Crippen molar-refractivity contribution in [2.24, 2.45) is 5.92 Å². The van der Waals surface area contributed by atoms with Crippen LogP contribution in [0, 0.1) is 26.1 Å². The molecule has 7 heteroatoms. The van der Waals surface area contributed by atoms with E-state index in [1.165, 1.54) is 12.1 Å². The van der Waals surface area contributed by atoms with Gasteiger partial charge in [-0.15, -0.1) is 0 Å². The third-order valence-electron chi connectivity index (χ3n) is 3.76. The summed E-state index contributed by atoms with van der Waals surface area (Å²) in [4.78, 5) is 20.7. The number of benzene rings is 1. The van der Waals surface area contributed by atoms with Gasteiger partial charge in [-0.05, 0) is 44.2 Å². The fourth-order valence-electron chi connectivity index (χ4n) is 2.48. The second-order valence-electron chi connectivity index (χ2n) is 5.43. The van der Waals surface area contributed by atoms with E-state index in [0.29, 0.717) is 17.9 Å². The van der Waals surface area contributed by atoms with Crippen molar-refractivity contribution in [3.63, 3.8) is 0 Å². The summed E-state index contributed by atoms with van der Waals surface area (Å²) in [6.45, 7) is 2.95. The third kappa shape index (κ3) is 3.98. The molecule has 1 aliphatic rings. The molecule has 1 saturated carbocycles. The van der Waals surface area contributed by atoms with Gasteiger partial charge in [-0.25, -0.2) is 0 Å². The minimum Gasteiger partial charge on any atom is -0.313 e. The van der Waals surface area contributed by atoms with Crippen LogP contribution < -0.4 is 5.32 Å². The van der Waals surface area contributed by atoms with Gasteiger partial charge >= 0.3 is 0 Å². The molecule has 0 bridgehead atoms. The molecule has 0 heterocycles. The smallest absolute Gasteiger partial charge is 0.279 e. The molecule has 21 heavy (non-hydrogen) atoms. The first kappa shape index (κ1) is 15.4. The largest absolute Gasteiger partial charge is 0.313 e. The Labute approximate surface area is 122 Å². The second kappa shape index (κ2) is 6.62. The Hall–Kier alpha value is -2.02. The van der Waals surface area contributed by atoms with Gasteiger partial charge in [-0.3, -0.25) is 20.2 Å². The zero-order valence-corrected chi connectivity index (χ0v) is 11.9. The number of nitrogens with one attached hydrogen (secondary N) is 1. The van der Waals surface area contributed by atoms with Crippen LogP contribution in [-0.2, 0) is 6.42 Å². The van der Waals surface area contributed by atoms with Crippen molar-refractivity contribution in [1.82, 2.24) is 5.32 Å². The molecule has 1 fully saturated rings. The van der Waals surface area contributed by atoms with E-state index in [2.05, 4.69) is 12.2 Å². The maximum atomic E-state index is 11.1. The first-order chi connectivity index (χ1) is 10.0. The van der Waals surface area contributed by atoms with Crippen LogP contribution >= 0.6 is 0 Å². The fraction of sp³-hybridized carbons (Fsp3) is 0.571. The van der Waals surface area contributed by atoms with E-state index in [9.17, 15) is 20.2 Å². The highest BCUT2D eigenvalue weighted by molar-refractivity contribution is 5.49. The highest BCUT2D eigenvalue weighted by atomic mass is 16.6. The van der Waals surface area contributed by atoms with Gasteiger partial charge in [0, 0.05) is 17.7 Å². The molecule has 1 N–H and O–H groups in total. The van der Waals surface area contributed by atoms with Crippen LogP contribution in [0.3, 0.4) is 0 Å². The molecule has 1 unspecified atom stereocenters. The van der Waals surface area contributed by atoms with Crippen molar-refractivity contribution < 1.29 is 9.85 Å². The topological polar surface area (TPSA) is 98.3 Å². The molecule has 0 spiro atoms. The van der Waals surface area contributed by atoms with Gasteiger partial charge in [0.15, 0.2) is 0 Å². The summed E-state index contributed by atoms with van der Waals surface area (Å²) in [5.41, 5.74) is 0.161. The summed E-state index contributed by atoms with van der Waals surface area (Å²) < 4.78 is 0. The van der Waals surface area contributed by atoms with Crippen molar-refractivity contribution in [3.05, 3.63) is 44.0 Å². The normalized spacial score (nSPS) is 15.7. The molecular weight excluding hydrogens is 274 g/mol. The Kier molecular flexibility index (Phi) is 4.85. The fourth-order valence-corrected chi connectivity index (χ4v) is 2.48. The summed E-state index contributed by atoms with van der Waals surface area (Å²) >= 11 is 0. The second-order valence-corrected chi connectivity index (χ2v) is 5.43. The molecule has 0 saturated heterocycles. The van der Waals surface area contributed by atoms with Crippen LogP contribution in [0.4, 0.5) is 11.4 Å². The van der Waals surface area contributed by atoms with E-state index >= 15 is 0 Å². The average molecular weight is 293 g/mol. The van der Waals surface area contributed by atoms with Crippen molar-refractivity contribution in [3.8, 4) is 0 Å². The molecule has 1 aromatic rings. The molecule has 2 rings (SSSR count). The summed E-state index contributed by atoms with van der Waals surface area (Å²) in [5, 5.41) is 25.3. The van der Waals surface area contributed by atoms with Crippen LogP contribution in [-0.4, -0.2) is 22.4 Å². The van der Waals surface area contributed by atoms with Crippen LogP contribution in [0.5, 0.6) is 0 Å². The minimum absolute atomic E-state index is 0.159. The molecule has 0 aromatic heterocycles. The quantitative estimate of drug-likeness (QED) is 0.587. The summed E-state index contributed by atoms with van der Waals surface area (Å²) in [6.07, 6.45) is 3.83. The van der Waals surface area contributed by atoms with Gasteiger partial charge in [-0.2, -0.15) is 0 Å². The number of hydrogen-bond donors (Lipinski definition) is 1. The zero-order chi connectivity index (χ0) is 15.4. The highest BCUT2D eigenvalue weighted by Gasteiger charge is 2.32. The predicted octanol–water partition coefficient (Wildman–Crippen LogP) is 2.82. The maximum absolute atomic E-state index is 11.1. The van der Waals surface area contributed by atoms with E-state index in [4.69, 9.17) is 0 Å². The average Bonchev–Trinajstić information content (AvgIpc) is 3.27. The number of nitro benzene ring substituents is 2. The number of rotatable bonds is 8. The molecule has 1 atom stereocenters. The van der Waals surface area contributed by atoms with Crippen LogP contribution in [0.15, 0.2) is 18.2 Å². The lowest BCUT2D eigenvalue weighted by Crippen LogP contribution is -2.33. The SMILES string of the molecule is CCCNC(Cc1ccc([N+](=O)[O-])cc1[N+](=O)[O-])C1CC1. The lowest BCUT2D eigenvalue weighted by atomic mass is 10.00. The Morgan fingerprint density at radius 2 is 2.00 bits per heavy atom. The third-order valence-corrected chi connectivity index (χ3v) is 3.76. The number of nitro groups is 2. The van der Waals surface area contributed by atoms with Crippen LogP contribution in [0.1, 0.15) is 31.7 Å². The van der Waals surface area contributed by atoms with E-state index in [-0.39, 0.29) is 17.4 Å². The lowest BCUT2D eigenvalue weighted by Gasteiger charge is -2.17.